The minimum atomic E-state index is -1.33. The summed E-state index contributed by atoms with van der Waals surface area (Å²) in [6.45, 7) is 0. The maximum absolute atomic E-state index is 12.3. The smallest absolute Gasteiger partial charge is 0.543 e. The van der Waals surface area contributed by atoms with Crippen LogP contribution in [0.1, 0.15) is 5.69 Å². The van der Waals surface area contributed by atoms with Crippen molar-refractivity contribution in [1.82, 2.24) is 18.9 Å². The number of β-lactam (4-membered cyclic amide) rings is 1. The van der Waals surface area contributed by atoms with Crippen LogP contribution in [-0.2, 0) is 16.6 Å². The van der Waals surface area contributed by atoms with Gasteiger partial charge in [-0.25, -0.2) is 4.98 Å². The van der Waals surface area contributed by atoms with Crippen molar-refractivity contribution in [3.63, 3.8) is 0 Å². The van der Waals surface area contributed by atoms with Crippen molar-refractivity contribution in [3.05, 3.63) is 52.8 Å². The average molecular weight is 374 g/mol. The summed E-state index contributed by atoms with van der Waals surface area (Å²) in [6.07, 6.45) is 3.61. The van der Waals surface area contributed by atoms with Gasteiger partial charge in [-0.15, -0.1) is 11.8 Å². The first-order valence-corrected chi connectivity index (χ1v) is 8.55. The summed E-state index contributed by atoms with van der Waals surface area (Å²) in [5.74, 6) is -0.863. The SMILES string of the molecule is Cn1c2ccccc2n2cc(/C=C3/C(=O)N4C(C(=O)[O-])=CS[C@H]34)nc12.[Na+]. The van der Waals surface area contributed by atoms with E-state index in [-0.39, 0.29) is 46.5 Å². The number of carbonyl (C=O) groups excluding carboxylic acids is 2. The van der Waals surface area contributed by atoms with Gasteiger partial charge in [0.05, 0.1) is 34.0 Å². The molecule has 4 heterocycles. The molecule has 0 N–H and O–H groups in total. The molecule has 0 unspecified atom stereocenters. The second-order valence-electron chi connectivity index (χ2n) is 5.94. The van der Waals surface area contributed by atoms with Crippen LogP contribution in [0.25, 0.3) is 22.9 Å². The molecule has 9 heteroatoms. The van der Waals surface area contributed by atoms with Crippen molar-refractivity contribution >= 4 is 46.5 Å². The number of fused-ring (bicyclic) bond motifs is 4. The predicted molar refractivity (Wildman–Crippen MR) is 91.0 cm³/mol. The number of rotatable bonds is 2. The topological polar surface area (TPSA) is 82.7 Å². The number of aryl methyl sites for hydroxylation is 1. The van der Waals surface area contributed by atoms with E-state index in [2.05, 4.69) is 4.98 Å². The van der Waals surface area contributed by atoms with Gasteiger partial charge >= 0.3 is 29.6 Å². The first-order chi connectivity index (χ1) is 12.1. The van der Waals surface area contributed by atoms with E-state index in [9.17, 15) is 14.7 Å². The number of thioether (sulfide) groups is 1. The Hall–Kier alpha value is -2.00. The number of carboxylic acids is 1. The fourth-order valence-electron chi connectivity index (χ4n) is 3.35. The minimum Gasteiger partial charge on any atom is -0.543 e. The van der Waals surface area contributed by atoms with Crippen LogP contribution in [0.4, 0.5) is 0 Å². The molecule has 0 spiro atoms. The fraction of sp³-hybridized carbons (Fsp3) is 0.118. The number of imidazole rings is 2. The van der Waals surface area contributed by atoms with Crippen LogP contribution >= 0.6 is 11.8 Å². The Morgan fingerprint density at radius 1 is 1.31 bits per heavy atom. The number of aromatic nitrogens is 3. The Bertz CT molecular complexity index is 1160. The number of amides is 1. The van der Waals surface area contributed by atoms with E-state index in [0.29, 0.717) is 11.3 Å². The molecule has 1 aromatic carbocycles. The van der Waals surface area contributed by atoms with Crippen LogP contribution < -0.4 is 34.7 Å². The number of carboxylic acid groups (broad SMARTS) is 1. The zero-order valence-corrected chi connectivity index (χ0v) is 16.9. The molecule has 26 heavy (non-hydrogen) atoms. The third kappa shape index (κ3) is 2.23. The van der Waals surface area contributed by atoms with Gasteiger partial charge in [0.1, 0.15) is 5.37 Å². The van der Waals surface area contributed by atoms with Crippen molar-refractivity contribution < 1.29 is 44.3 Å². The van der Waals surface area contributed by atoms with Crippen molar-refractivity contribution in [2.24, 2.45) is 7.05 Å². The van der Waals surface area contributed by atoms with Crippen LogP contribution in [0, 0.1) is 0 Å². The molecule has 0 bridgehead atoms. The molecule has 0 aliphatic carbocycles. The number of carbonyl (C=O) groups is 2. The van der Waals surface area contributed by atoms with Crippen molar-refractivity contribution in [3.8, 4) is 0 Å². The van der Waals surface area contributed by atoms with Gasteiger partial charge in [0.15, 0.2) is 0 Å². The molecule has 0 saturated carbocycles. The number of aliphatic carboxylic acids is 1. The largest absolute Gasteiger partial charge is 1.00 e. The van der Waals surface area contributed by atoms with Crippen LogP contribution in [0.15, 0.2) is 47.1 Å². The van der Waals surface area contributed by atoms with Gasteiger partial charge < -0.3 is 14.5 Å². The monoisotopic (exact) mass is 374 g/mol. The van der Waals surface area contributed by atoms with E-state index in [1.54, 1.807) is 6.08 Å². The number of hydrogen-bond donors (Lipinski definition) is 0. The van der Waals surface area contributed by atoms with E-state index in [1.165, 1.54) is 22.1 Å². The van der Waals surface area contributed by atoms with E-state index < -0.39 is 5.97 Å². The summed E-state index contributed by atoms with van der Waals surface area (Å²) in [6, 6.07) is 7.98. The second kappa shape index (κ2) is 6.02. The Labute approximate surface area is 174 Å². The zero-order chi connectivity index (χ0) is 17.3. The van der Waals surface area contributed by atoms with Crippen LogP contribution in [0.5, 0.6) is 0 Å². The summed E-state index contributed by atoms with van der Waals surface area (Å²) >= 11 is 1.29. The van der Waals surface area contributed by atoms with Crippen LogP contribution in [0.2, 0.25) is 0 Å². The van der Waals surface area contributed by atoms with Crippen molar-refractivity contribution in [1.29, 1.82) is 0 Å². The van der Waals surface area contributed by atoms with Crippen LogP contribution in [0.3, 0.4) is 0 Å². The van der Waals surface area contributed by atoms with Crippen LogP contribution in [-0.4, -0.2) is 36.1 Å². The third-order valence-corrected chi connectivity index (χ3v) is 5.64. The summed E-state index contributed by atoms with van der Waals surface area (Å²) in [7, 11) is 1.95. The van der Waals surface area contributed by atoms with E-state index in [4.69, 9.17) is 0 Å². The van der Waals surface area contributed by atoms with Gasteiger partial charge in [0.25, 0.3) is 5.91 Å². The van der Waals surface area contributed by atoms with Gasteiger partial charge in [-0.3, -0.25) is 14.1 Å². The molecule has 124 valence electrons. The summed E-state index contributed by atoms with van der Waals surface area (Å²) in [4.78, 5) is 29.1. The molecule has 1 saturated heterocycles. The Morgan fingerprint density at radius 2 is 2.04 bits per heavy atom. The molecule has 0 radical (unpaired) electrons. The molecule has 2 aromatic heterocycles. The Morgan fingerprint density at radius 3 is 2.77 bits per heavy atom. The maximum Gasteiger partial charge on any atom is 1.00 e. The first-order valence-electron chi connectivity index (χ1n) is 7.61. The van der Waals surface area contributed by atoms with Gasteiger partial charge in [-0.2, -0.15) is 0 Å². The standard InChI is InChI=1S/C17H12N4O3S.Na/c1-19-11-4-2-3-5-12(11)20-7-9(18-17(19)20)6-10-14(22)21-13(16(23)24)8-25-15(10)21;/h2-8,15H,1H3,(H,23,24);/q;+1/p-1/b10-6-;/t15-;/m1./s1. The fourth-order valence-corrected chi connectivity index (χ4v) is 4.46. The second-order valence-corrected chi connectivity index (χ2v) is 6.89. The molecule has 2 aliphatic rings. The Balaban J connectivity index is 0.00000168. The molecule has 3 aromatic rings. The van der Waals surface area contributed by atoms with Crippen molar-refractivity contribution in [2.75, 3.05) is 0 Å². The molecule has 5 rings (SSSR count). The van der Waals surface area contributed by atoms with E-state index >= 15 is 0 Å². The van der Waals surface area contributed by atoms with Gasteiger partial charge in [0, 0.05) is 13.2 Å². The Kier molecular flexibility index (Phi) is 4.03. The first kappa shape index (κ1) is 17.4. The zero-order valence-electron chi connectivity index (χ0n) is 14.0. The number of nitrogens with zero attached hydrogens (tertiary/aromatic N) is 4. The van der Waals surface area contributed by atoms with E-state index in [1.807, 2.05) is 46.5 Å². The summed E-state index contributed by atoms with van der Waals surface area (Å²) in [5, 5.41) is 12.2. The number of hydrogen-bond acceptors (Lipinski definition) is 5. The van der Waals surface area contributed by atoms with Crippen molar-refractivity contribution in [2.45, 2.75) is 5.37 Å². The molecule has 1 fully saturated rings. The molecular formula is C17H11N4NaO3S. The average Bonchev–Trinajstić information content (AvgIpc) is 3.26. The molecular weight excluding hydrogens is 363 g/mol. The quantitative estimate of drug-likeness (QED) is 0.287. The normalized spacial score (nSPS) is 20.3. The molecule has 1 amide bonds. The molecule has 1 atom stereocenters. The summed E-state index contributed by atoms with van der Waals surface area (Å²) < 4.78 is 3.97. The number of para-hydroxylation sites is 2. The molecule has 2 aliphatic heterocycles. The number of benzene rings is 1. The minimum absolute atomic E-state index is 0. The third-order valence-electron chi connectivity index (χ3n) is 4.56. The molecule has 7 nitrogen and oxygen atoms in total. The maximum atomic E-state index is 12.3. The summed E-state index contributed by atoms with van der Waals surface area (Å²) in [5.41, 5.74) is 3.25. The van der Waals surface area contributed by atoms with Gasteiger partial charge in [-0.05, 0) is 23.6 Å². The predicted octanol–water partition coefficient (Wildman–Crippen LogP) is -2.28. The van der Waals surface area contributed by atoms with Gasteiger partial charge in [0.2, 0.25) is 5.78 Å². The van der Waals surface area contributed by atoms with E-state index in [0.717, 1.165) is 16.8 Å². The van der Waals surface area contributed by atoms with Gasteiger partial charge in [-0.1, -0.05) is 12.1 Å².